The summed E-state index contributed by atoms with van der Waals surface area (Å²) in [4.78, 5) is 13.0. The summed E-state index contributed by atoms with van der Waals surface area (Å²) in [6.07, 6.45) is 0. The summed E-state index contributed by atoms with van der Waals surface area (Å²) in [5.74, 6) is 0. The van der Waals surface area contributed by atoms with Crippen molar-refractivity contribution >= 4 is 11.0 Å². The average molecular weight is 300 g/mol. The lowest BCUT2D eigenvalue weighted by atomic mass is 10.2. The number of hydrogen-bond acceptors (Lipinski definition) is 1. The molecule has 0 saturated heterocycles. The molecule has 0 amide bonds. The molecule has 1 heterocycles. The van der Waals surface area contributed by atoms with Gasteiger partial charge in [0.05, 0.1) is 23.3 Å². The highest BCUT2D eigenvalue weighted by Crippen LogP contribution is 2.18. The molecular weight excluding hydrogens is 284 g/mol. The topological polar surface area (TPSA) is 26.9 Å². The van der Waals surface area contributed by atoms with Crippen molar-refractivity contribution in [3.8, 4) is 5.69 Å². The first-order chi connectivity index (χ1) is 11.3. The summed E-state index contributed by atoms with van der Waals surface area (Å²) < 4.78 is 3.61. The number of benzene rings is 3. The van der Waals surface area contributed by atoms with Crippen LogP contribution in [0.4, 0.5) is 0 Å². The van der Waals surface area contributed by atoms with Crippen LogP contribution in [0.25, 0.3) is 16.7 Å². The van der Waals surface area contributed by atoms with Gasteiger partial charge in [0.2, 0.25) is 0 Å². The van der Waals surface area contributed by atoms with Gasteiger partial charge in [-0.1, -0.05) is 60.7 Å². The number of para-hydroxylation sites is 3. The predicted molar refractivity (Wildman–Crippen MR) is 93.1 cm³/mol. The molecule has 23 heavy (non-hydrogen) atoms. The Hall–Kier alpha value is -3.07. The summed E-state index contributed by atoms with van der Waals surface area (Å²) >= 11 is 0. The number of rotatable bonds is 3. The number of imidazole rings is 1. The Bertz CT molecular complexity index is 998. The Morgan fingerprint density at radius 1 is 0.652 bits per heavy atom. The average Bonchev–Trinajstić information content (AvgIpc) is 2.89. The molecule has 0 saturated carbocycles. The van der Waals surface area contributed by atoms with E-state index in [1.54, 1.807) is 4.57 Å². The Morgan fingerprint density at radius 2 is 1.22 bits per heavy atom. The number of aromatic nitrogens is 2. The van der Waals surface area contributed by atoms with Crippen molar-refractivity contribution in [3.63, 3.8) is 0 Å². The molecule has 0 spiro atoms. The second-order valence-corrected chi connectivity index (χ2v) is 5.51. The molecule has 4 aromatic rings. The van der Waals surface area contributed by atoms with E-state index in [0.29, 0.717) is 6.54 Å². The smallest absolute Gasteiger partial charge is 0.287 e. The highest BCUT2D eigenvalue weighted by molar-refractivity contribution is 5.78. The zero-order chi connectivity index (χ0) is 15.6. The standard InChI is InChI=1S/C20H16N2O/c23-20-21(15-16-9-3-1-4-10-16)18-13-7-8-14-19(18)22(20)17-11-5-2-6-12-17/h1-14H,15H2. The Kier molecular flexibility index (Phi) is 3.31. The maximum Gasteiger partial charge on any atom is 0.334 e. The molecule has 0 atom stereocenters. The van der Waals surface area contributed by atoms with E-state index in [0.717, 1.165) is 22.3 Å². The third-order valence-corrected chi connectivity index (χ3v) is 4.03. The maximum absolute atomic E-state index is 13.0. The predicted octanol–water partition coefficient (Wildman–Crippen LogP) is 3.84. The third-order valence-electron chi connectivity index (χ3n) is 4.03. The minimum atomic E-state index is -0.0127. The van der Waals surface area contributed by atoms with Crippen LogP contribution < -0.4 is 5.69 Å². The van der Waals surface area contributed by atoms with E-state index < -0.39 is 0 Å². The van der Waals surface area contributed by atoms with E-state index in [4.69, 9.17) is 0 Å². The third kappa shape index (κ3) is 2.36. The fourth-order valence-electron chi connectivity index (χ4n) is 2.95. The fraction of sp³-hybridized carbons (Fsp3) is 0.0500. The van der Waals surface area contributed by atoms with E-state index in [9.17, 15) is 4.79 Å². The molecule has 0 fully saturated rings. The molecule has 3 nitrogen and oxygen atoms in total. The van der Waals surface area contributed by atoms with Crippen LogP contribution >= 0.6 is 0 Å². The van der Waals surface area contributed by atoms with Gasteiger partial charge in [-0.3, -0.25) is 9.13 Å². The van der Waals surface area contributed by atoms with Crippen LogP contribution in [0.2, 0.25) is 0 Å². The van der Waals surface area contributed by atoms with Gasteiger partial charge >= 0.3 is 5.69 Å². The highest BCUT2D eigenvalue weighted by Gasteiger charge is 2.14. The van der Waals surface area contributed by atoms with E-state index in [1.807, 2.05) is 89.5 Å². The first kappa shape index (κ1) is 13.6. The minimum Gasteiger partial charge on any atom is -0.287 e. The van der Waals surface area contributed by atoms with Crippen molar-refractivity contribution in [2.75, 3.05) is 0 Å². The van der Waals surface area contributed by atoms with Gasteiger partial charge in [0.25, 0.3) is 0 Å². The Labute approximate surface area is 134 Å². The van der Waals surface area contributed by atoms with Gasteiger partial charge in [-0.25, -0.2) is 4.79 Å². The number of hydrogen-bond donors (Lipinski definition) is 0. The van der Waals surface area contributed by atoms with Gasteiger partial charge in [0, 0.05) is 0 Å². The van der Waals surface area contributed by atoms with Crippen molar-refractivity contribution in [1.29, 1.82) is 0 Å². The van der Waals surface area contributed by atoms with Gasteiger partial charge < -0.3 is 0 Å². The molecule has 3 heteroatoms. The van der Waals surface area contributed by atoms with E-state index in [1.165, 1.54) is 0 Å². The van der Waals surface area contributed by atoms with Gasteiger partial charge in [-0.05, 0) is 29.8 Å². The van der Waals surface area contributed by atoms with Crippen LogP contribution in [0.3, 0.4) is 0 Å². The lowest BCUT2D eigenvalue weighted by Crippen LogP contribution is -2.23. The second-order valence-electron chi connectivity index (χ2n) is 5.51. The van der Waals surface area contributed by atoms with E-state index in [2.05, 4.69) is 0 Å². The van der Waals surface area contributed by atoms with Crippen molar-refractivity contribution in [2.24, 2.45) is 0 Å². The molecular formula is C20H16N2O. The van der Waals surface area contributed by atoms with Gasteiger partial charge in [-0.15, -0.1) is 0 Å². The second kappa shape index (κ2) is 5.61. The van der Waals surface area contributed by atoms with Crippen LogP contribution in [0.15, 0.2) is 89.7 Å². The molecule has 112 valence electrons. The van der Waals surface area contributed by atoms with Gasteiger partial charge in [0.15, 0.2) is 0 Å². The SMILES string of the molecule is O=c1n(Cc2ccccc2)c2ccccc2n1-c1ccccc1. The summed E-state index contributed by atoms with van der Waals surface area (Å²) in [6, 6.07) is 27.8. The lowest BCUT2D eigenvalue weighted by Gasteiger charge is -2.03. The number of fused-ring (bicyclic) bond motifs is 1. The van der Waals surface area contributed by atoms with Gasteiger partial charge in [-0.2, -0.15) is 0 Å². The molecule has 4 rings (SSSR count). The van der Waals surface area contributed by atoms with Crippen molar-refractivity contribution < 1.29 is 0 Å². The zero-order valence-corrected chi connectivity index (χ0v) is 12.6. The molecule has 0 bridgehead atoms. The monoisotopic (exact) mass is 300 g/mol. The van der Waals surface area contributed by atoms with Gasteiger partial charge in [0.1, 0.15) is 0 Å². The molecule has 0 N–H and O–H groups in total. The van der Waals surface area contributed by atoms with E-state index >= 15 is 0 Å². The summed E-state index contributed by atoms with van der Waals surface area (Å²) in [7, 11) is 0. The molecule has 3 aromatic carbocycles. The van der Waals surface area contributed by atoms with Crippen LogP contribution in [0.5, 0.6) is 0 Å². The minimum absolute atomic E-state index is 0.0127. The summed E-state index contributed by atoms with van der Waals surface area (Å²) in [6.45, 7) is 0.569. The Morgan fingerprint density at radius 3 is 1.91 bits per heavy atom. The maximum atomic E-state index is 13.0. The first-order valence-electron chi connectivity index (χ1n) is 7.64. The fourth-order valence-corrected chi connectivity index (χ4v) is 2.95. The van der Waals surface area contributed by atoms with Crippen LogP contribution in [-0.2, 0) is 6.54 Å². The van der Waals surface area contributed by atoms with Crippen LogP contribution in [-0.4, -0.2) is 9.13 Å². The number of nitrogens with zero attached hydrogens (tertiary/aromatic N) is 2. The quantitative estimate of drug-likeness (QED) is 0.565. The first-order valence-corrected chi connectivity index (χ1v) is 7.64. The summed E-state index contributed by atoms with van der Waals surface area (Å²) in [5, 5.41) is 0. The molecule has 0 radical (unpaired) electrons. The van der Waals surface area contributed by atoms with Crippen LogP contribution in [0, 0.1) is 0 Å². The molecule has 0 aliphatic carbocycles. The van der Waals surface area contributed by atoms with Crippen molar-refractivity contribution in [1.82, 2.24) is 9.13 Å². The highest BCUT2D eigenvalue weighted by atomic mass is 16.1. The Balaban J connectivity index is 1.96. The molecule has 0 aliphatic heterocycles. The largest absolute Gasteiger partial charge is 0.334 e. The zero-order valence-electron chi connectivity index (χ0n) is 12.6. The van der Waals surface area contributed by atoms with Crippen LogP contribution in [0.1, 0.15) is 5.56 Å². The normalized spacial score (nSPS) is 11.0. The molecule has 0 aliphatic rings. The van der Waals surface area contributed by atoms with Crippen molar-refractivity contribution in [3.05, 3.63) is 101 Å². The van der Waals surface area contributed by atoms with E-state index in [-0.39, 0.29) is 5.69 Å². The van der Waals surface area contributed by atoms with Crippen molar-refractivity contribution in [2.45, 2.75) is 6.54 Å². The lowest BCUT2D eigenvalue weighted by molar-refractivity contribution is 0.763. The molecule has 0 unspecified atom stereocenters. The summed E-state index contributed by atoms with van der Waals surface area (Å²) in [5.41, 5.74) is 3.87. The molecule has 1 aromatic heterocycles.